The maximum Gasteiger partial charge on any atom is 0.254 e. The topological polar surface area (TPSA) is 88.3 Å². The van der Waals surface area contributed by atoms with E-state index in [1.165, 1.54) is 11.8 Å². The van der Waals surface area contributed by atoms with Gasteiger partial charge in [0.2, 0.25) is 17.7 Å². The molecule has 0 saturated carbocycles. The van der Waals surface area contributed by atoms with E-state index < -0.39 is 0 Å². The first-order valence-corrected chi connectivity index (χ1v) is 9.13. The molecule has 1 saturated heterocycles. The molecule has 1 aromatic heterocycles. The van der Waals surface area contributed by atoms with Gasteiger partial charge in [-0.05, 0) is 38.0 Å². The first-order chi connectivity index (χ1) is 12.0. The monoisotopic (exact) mass is 358 g/mol. The van der Waals surface area contributed by atoms with Crippen LogP contribution in [-0.2, 0) is 4.79 Å². The summed E-state index contributed by atoms with van der Waals surface area (Å²) >= 11 is 1.50. The third-order valence-electron chi connectivity index (χ3n) is 4.50. The van der Waals surface area contributed by atoms with Gasteiger partial charge in [0.05, 0.1) is 10.9 Å². The fourth-order valence-corrected chi connectivity index (χ4v) is 4.15. The first kappa shape index (κ1) is 16.1. The number of nitrogens with one attached hydrogen (secondary N) is 1. The summed E-state index contributed by atoms with van der Waals surface area (Å²) in [6.45, 7) is 4.26. The van der Waals surface area contributed by atoms with Gasteiger partial charge in [0.1, 0.15) is 6.04 Å². The zero-order chi connectivity index (χ0) is 17.6. The van der Waals surface area contributed by atoms with Gasteiger partial charge in [0, 0.05) is 23.9 Å². The number of carbonyl (C=O) groups excluding carboxylic acids is 2. The predicted octanol–water partition coefficient (Wildman–Crippen LogP) is 2.79. The molecule has 8 heteroatoms. The summed E-state index contributed by atoms with van der Waals surface area (Å²) < 4.78 is 5.52. The van der Waals surface area contributed by atoms with Gasteiger partial charge in [-0.25, -0.2) is 0 Å². The average Bonchev–Trinajstić information content (AvgIpc) is 3.23. The predicted molar refractivity (Wildman–Crippen MR) is 92.4 cm³/mol. The highest BCUT2D eigenvalue weighted by Gasteiger charge is 2.34. The summed E-state index contributed by atoms with van der Waals surface area (Å²) in [6, 6.07) is 5.27. The molecule has 1 aromatic carbocycles. The molecule has 2 aliphatic rings. The molecule has 1 N–H and O–H groups in total. The van der Waals surface area contributed by atoms with Gasteiger partial charge >= 0.3 is 0 Å². The molecule has 4 rings (SSSR count). The third-order valence-corrected chi connectivity index (χ3v) is 5.68. The van der Waals surface area contributed by atoms with Gasteiger partial charge in [-0.3, -0.25) is 9.59 Å². The minimum absolute atomic E-state index is 0.0394. The molecule has 0 bridgehead atoms. The van der Waals surface area contributed by atoms with Crippen molar-refractivity contribution in [1.29, 1.82) is 0 Å². The summed E-state index contributed by atoms with van der Waals surface area (Å²) in [6.07, 6.45) is 1.70. The van der Waals surface area contributed by atoms with E-state index >= 15 is 0 Å². The van der Waals surface area contributed by atoms with Crippen LogP contribution in [0.25, 0.3) is 0 Å². The van der Waals surface area contributed by atoms with E-state index in [0.29, 0.717) is 29.6 Å². The Hall–Kier alpha value is -2.35. The standard InChI is InChI=1S/C17H18N4O3S/c1-9-15(22)18-12-8-11(5-6-14(12)25-9)17(23)21-7-3-4-13(21)16-20-19-10(2)24-16/h5-6,8-9,13H,3-4,7H2,1-2H3,(H,18,22). The highest BCUT2D eigenvalue weighted by molar-refractivity contribution is 8.00. The Balaban J connectivity index is 1.60. The van der Waals surface area contributed by atoms with Crippen molar-refractivity contribution < 1.29 is 14.0 Å². The number of rotatable bonds is 2. The summed E-state index contributed by atoms with van der Waals surface area (Å²) in [7, 11) is 0. The van der Waals surface area contributed by atoms with Crippen LogP contribution < -0.4 is 5.32 Å². The fraction of sp³-hybridized carbons (Fsp3) is 0.412. The fourth-order valence-electron chi connectivity index (χ4n) is 3.22. The van der Waals surface area contributed by atoms with Gasteiger partial charge in [-0.1, -0.05) is 0 Å². The van der Waals surface area contributed by atoms with Crippen LogP contribution in [0.15, 0.2) is 27.5 Å². The van der Waals surface area contributed by atoms with Crippen LogP contribution >= 0.6 is 11.8 Å². The minimum atomic E-state index is -0.186. The lowest BCUT2D eigenvalue weighted by Gasteiger charge is -2.24. The summed E-state index contributed by atoms with van der Waals surface area (Å²) in [5, 5.41) is 10.7. The molecule has 3 heterocycles. The number of hydrogen-bond acceptors (Lipinski definition) is 6. The Bertz CT molecular complexity index is 850. The lowest BCUT2D eigenvalue weighted by molar-refractivity contribution is -0.115. The van der Waals surface area contributed by atoms with Gasteiger partial charge in [-0.2, -0.15) is 0 Å². The maximum absolute atomic E-state index is 13.0. The van der Waals surface area contributed by atoms with Crippen LogP contribution in [0.5, 0.6) is 0 Å². The SMILES string of the molecule is Cc1nnc(C2CCCN2C(=O)c2ccc3c(c2)NC(=O)C(C)S3)o1. The van der Waals surface area contributed by atoms with Crippen molar-refractivity contribution in [2.75, 3.05) is 11.9 Å². The van der Waals surface area contributed by atoms with E-state index in [1.807, 2.05) is 19.1 Å². The number of carbonyl (C=O) groups is 2. The van der Waals surface area contributed by atoms with Crippen LogP contribution in [0.2, 0.25) is 0 Å². The summed E-state index contributed by atoms with van der Waals surface area (Å²) in [5.74, 6) is 0.859. The van der Waals surface area contributed by atoms with Crippen LogP contribution in [0.4, 0.5) is 5.69 Å². The van der Waals surface area contributed by atoms with E-state index in [9.17, 15) is 9.59 Å². The van der Waals surface area contributed by atoms with Crippen molar-refractivity contribution >= 4 is 29.3 Å². The lowest BCUT2D eigenvalue weighted by atomic mass is 10.1. The van der Waals surface area contributed by atoms with Gasteiger partial charge < -0.3 is 14.6 Å². The normalized spacial score (nSPS) is 22.6. The quantitative estimate of drug-likeness (QED) is 0.888. The number of hydrogen-bond donors (Lipinski definition) is 1. The highest BCUT2D eigenvalue weighted by Crippen LogP contribution is 2.37. The molecule has 25 heavy (non-hydrogen) atoms. The number of anilines is 1. The van der Waals surface area contributed by atoms with Gasteiger partial charge in [0.25, 0.3) is 5.91 Å². The Kier molecular flexibility index (Phi) is 3.99. The van der Waals surface area contributed by atoms with E-state index in [1.54, 1.807) is 17.9 Å². The molecular weight excluding hydrogens is 340 g/mol. The van der Waals surface area contributed by atoms with E-state index in [-0.39, 0.29) is 23.1 Å². The van der Waals surface area contributed by atoms with E-state index in [4.69, 9.17) is 4.42 Å². The molecule has 0 spiro atoms. The Morgan fingerprint density at radius 2 is 2.24 bits per heavy atom. The second-order valence-corrected chi connectivity index (χ2v) is 7.66. The second kappa shape index (κ2) is 6.18. The molecule has 7 nitrogen and oxygen atoms in total. The van der Waals surface area contributed by atoms with Crippen LogP contribution in [0, 0.1) is 6.92 Å². The summed E-state index contributed by atoms with van der Waals surface area (Å²) in [4.78, 5) is 27.6. The molecule has 2 aliphatic heterocycles. The van der Waals surface area contributed by atoms with Gasteiger partial charge in [0.15, 0.2) is 0 Å². The zero-order valence-corrected chi connectivity index (χ0v) is 14.8. The number of benzene rings is 1. The van der Waals surface area contributed by atoms with Crippen LogP contribution in [0.1, 0.15) is 47.9 Å². The van der Waals surface area contributed by atoms with Crippen molar-refractivity contribution in [2.45, 2.75) is 42.9 Å². The van der Waals surface area contributed by atoms with E-state index in [2.05, 4.69) is 15.5 Å². The average molecular weight is 358 g/mol. The maximum atomic E-state index is 13.0. The number of likely N-dealkylation sites (tertiary alicyclic amines) is 1. The second-order valence-electron chi connectivity index (χ2n) is 6.28. The van der Waals surface area contributed by atoms with Crippen molar-refractivity contribution in [3.8, 4) is 0 Å². The smallest absolute Gasteiger partial charge is 0.254 e. The number of fused-ring (bicyclic) bond motifs is 1. The van der Waals surface area contributed by atoms with Crippen molar-refractivity contribution in [1.82, 2.24) is 15.1 Å². The molecule has 0 aliphatic carbocycles. The molecule has 2 atom stereocenters. The molecular formula is C17H18N4O3S. The lowest BCUT2D eigenvalue weighted by Crippen LogP contribution is -2.31. The number of nitrogens with zero attached hydrogens (tertiary/aromatic N) is 3. The largest absolute Gasteiger partial charge is 0.423 e. The van der Waals surface area contributed by atoms with Crippen molar-refractivity contribution in [3.05, 3.63) is 35.5 Å². The van der Waals surface area contributed by atoms with Crippen LogP contribution in [-0.4, -0.2) is 38.7 Å². The van der Waals surface area contributed by atoms with Crippen molar-refractivity contribution in [2.24, 2.45) is 0 Å². The molecule has 2 unspecified atom stereocenters. The number of aromatic nitrogens is 2. The van der Waals surface area contributed by atoms with Gasteiger partial charge in [-0.15, -0.1) is 22.0 Å². The van der Waals surface area contributed by atoms with Crippen molar-refractivity contribution in [3.63, 3.8) is 0 Å². The minimum Gasteiger partial charge on any atom is -0.423 e. The number of amides is 2. The Morgan fingerprint density at radius 3 is 3.00 bits per heavy atom. The Labute approximate surface area is 149 Å². The highest BCUT2D eigenvalue weighted by atomic mass is 32.2. The summed E-state index contributed by atoms with van der Waals surface area (Å²) in [5.41, 5.74) is 1.25. The van der Waals surface area contributed by atoms with Crippen LogP contribution in [0.3, 0.4) is 0 Å². The molecule has 2 aromatic rings. The van der Waals surface area contributed by atoms with E-state index in [0.717, 1.165) is 17.7 Å². The number of aryl methyl sites for hydroxylation is 1. The molecule has 2 amide bonds. The molecule has 1 fully saturated rings. The molecule has 0 radical (unpaired) electrons. The zero-order valence-electron chi connectivity index (χ0n) is 14.0. The number of thioether (sulfide) groups is 1. The third kappa shape index (κ3) is 2.90. The Morgan fingerprint density at radius 1 is 1.40 bits per heavy atom. The molecule has 130 valence electrons. The first-order valence-electron chi connectivity index (χ1n) is 8.25.